The lowest BCUT2D eigenvalue weighted by Crippen LogP contribution is -2.11. The van der Waals surface area contributed by atoms with Crippen LogP contribution in [0.1, 0.15) is 11.1 Å². The van der Waals surface area contributed by atoms with Crippen molar-refractivity contribution in [2.45, 2.75) is 4.33 Å². The second-order valence-electron chi connectivity index (χ2n) is 3.31. The molecule has 0 fully saturated rings. The van der Waals surface area contributed by atoms with Crippen LogP contribution in [0.15, 0.2) is 60.7 Å². The molecule has 0 saturated carbocycles. The molecular weight excluding hydrogens is 255 g/mol. The van der Waals surface area contributed by atoms with Crippen molar-refractivity contribution >= 4 is 23.2 Å². The zero-order valence-electron chi connectivity index (χ0n) is 9.44. The van der Waals surface area contributed by atoms with Gasteiger partial charge in [0, 0.05) is 0 Å². The highest BCUT2D eigenvalue weighted by Crippen LogP contribution is 2.40. The van der Waals surface area contributed by atoms with Crippen molar-refractivity contribution in [1.82, 2.24) is 12.3 Å². The highest BCUT2D eigenvalue weighted by Gasteiger charge is 2.28. The third-order valence-corrected chi connectivity index (χ3v) is 3.15. The van der Waals surface area contributed by atoms with E-state index in [0.717, 1.165) is 11.1 Å². The van der Waals surface area contributed by atoms with Crippen molar-refractivity contribution in [3.63, 3.8) is 0 Å². The molecule has 0 saturated heterocycles. The van der Waals surface area contributed by atoms with Gasteiger partial charge in [0.1, 0.15) is 0 Å². The highest BCUT2D eigenvalue weighted by molar-refractivity contribution is 6.50. The van der Waals surface area contributed by atoms with Crippen LogP contribution in [-0.4, -0.2) is 0 Å². The number of benzene rings is 2. The van der Waals surface area contributed by atoms with E-state index >= 15 is 0 Å². The van der Waals surface area contributed by atoms with Gasteiger partial charge in [0.15, 0.2) is 4.33 Å². The molecule has 0 atom stereocenters. The summed E-state index contributed by atoms with van der Waals surface area (Å²) in [6.07, 6.45) is 0. The molecule has 6 N–H and O–H groups in total. The lowest BCUT2D eigenvalue weighted by atomic mass is 10.0. The number of rotatable bonds is 2. The quantitative estimate of drug-likeness (QED) is 0.778. The fourth-order valence-electron chi connectivity index (χ4n) is 1.46. The molecular formula is C13H16Cl2N2. The maximum absolute atomic E-state index is 6.35. The van der Waals surface area contributed by atoms with Gasteiger partial charge in [-0.2, -0.15) is 0 Å². The molecule has 0 unspecified atom stereocenters. The minimum absolute atomic E-state index is 0. The molecule has 0 aromatic heterocycles. The molecule has 2 aromatic rings. The van der Waals surface area contributed by atoms with Gasteiger partial charge >= 0.3 is 0 Å². The van der Waals surface area contributed by atoms with Crippen molar-refractivity contribution < 1.29 is 0 Å². The molecule has 0 aliphatic carbocycles. The van der Waals surface area contributed by atoms with Crippen LogP contribution in [0, 0.1) is 0 Å². The molecule has 0 amide bonds. The lowest BCUT2D eigenvalue weighted by molar-refractivity contribution is 1.04. The fourth-order valence-corrected chi connectivity index (χ4v) is 1.97. The topological polar surface area (TPSA) is 70.0 Å². The van der Waals surface area contributed by atoms with Crippen LogP contribution in [0.3, 0.4) is 0 Å². The van der Waals surface area contributed by atoms with Crippen LogP contribution < -0.4 is 12.3 Å². The van der Waals surface area contributed by atoms with Crippen molar-refractivity contribution in [3.8, 4) is 0 Å². The van der Waals surface area contributed by atoms with Crippen molar-refractivity contribution in [2.75, 3.05) is 0 Å². The first-order valence-electron chi connectivity index (χ1n) is 4.70. The highest BCUT2D eigenvalue weighted by atomic mass is 35.5. The van der Waals surface area contributed by atoms with Crippen molar-refractivity contribution in [1.29, 1.82) is 0 Å². The van der Waals surface area contributed by atoms with Crippen LogP contribution >= 0.6 is 23.2 Å². The lowest BCUT2D eigenvalue weighted by Gasteiger charge is -2.20. The standard InChI is InChI=1S/C13H10Cl2.2H3N/c14-13(15,11-7-3-1-4-8-11)12-9-5-2-6-10-12;;/h1-10H;2*1H3. The minimum Gasteiger partial charge on any atom is -0.344 e. The normalized spacial score (nSPS) is 10.0. The second kappa shape index (κ2) is 6.62. The summed E-state index contributed by atoms with van der Waals surface area (Å²) in [4.78, 5) is 0. The van der Waals surface area contributed by atoms with Gasteiger partial charge in [-0.3, -0.25) is 0 Å². The van der Waals surface area contributed by atoms with E-state index in [-0.39, 0.29) is 12.3 Å². The molecule has 92 valence electrons. The summed E-state index contributed by atoms with van der Waals surface area (Å²) in [5.74, 6) is 0. The molecule has 0 radical (unpaired) electrons. The van der Waals surface area contributed by atoms with Gasteiger partial charge in [-0.1, -0.05) is 83.9 Å². The van der Waals surface area contributed by atoms with Gasteiger partial charge in [0.05, 0.1) is 0 Å². The molecule has 0 bridgehead atoms. The molecule has 2 aromatic carbocycles. The number of alkyl halides is 2. The van der Waals surface area contributed by atoms with Crippen LogP contribution in [0.25, 0.3) is 0 Å². The first-order chi connectivity index (χ1) is 7.21. The Morgan fingerprint density at radius 2 is 0.882 bits per heavy atom. The van der Waals surface area contributed by atoms with E-state index in [0.29, 0.717) is 0 Å². The first kappa shape index (κ1) is 15.9. The summed E-state index contributed by atoms with van der Waals surface area (Å²) in [6.45, 7) is 0. The van der Waals surface area contributed by atoms with E-state index in [1.165, 1.54) is 0 Å². The second-order valence-corrected chi connectivity index (χ2v) is 4.63. The zero-order valence-corrected chi connectivity index (χ0v) is 11.0. The van der Waals surface area contributed by atoms with Crippen molar-refractivity contribution in [3.05, 3.63) is 71.8 Å². The summed E-state index contributed by atoms with van der Waals surface area (Å²) < 4.78 is -0.970. The van der Waals surface area contributed by atoms with Crippen LogP contribution in [0.4, 0.5) is 0 Å². The Hall–Kier alpha value is -1.06. The van der Waals surface area contributed by atoms with Gasteiger partial charge in [0.2, 0.25) is 0 Å². The van der Waals surface area contributed by atoms with Crippen LogP contribution in [-0.2, 0) is 4.33 Å². The third-order valence-electron chi connectivity index (χ3n) is 2.27. The predicted octanol–water partition coefficient (Wildman–Crippen LogP) is 4.69. The van der Waals surface area contributed by atoms with E-state index in [2.05, 4.69) is 0 Å². The van der Waals surface area contributed by atoms with Gasteiger partial charge in [-0.25, -0.2) is 0 Å². The fraction of sp³-hybridized carbons (Fsp3) is 0.0769. The first-order valence-corrected chi connectivity index (χ1v) is 5.46. The molecule has 0 aliphatic rings. The Kier molecular flexibility index (Phi) is 6.21. The molecule has 0 heterocycles. The summed E-state index contributed by atoms with van der Waals surface area (Å²) >= 11 is 12.7. The van der Waals surface area contributed by atoms with E-state index in [4.69, 9.17) is 23.2 Å². The number of halogens is 2. The Morgan fingerprint density at radius 1 is 0.588 bits per heavy atom. The molecule has 17 heavy (non-hydrogen) atoms. The molecule has 2 rings (SSSR count). The molecule has 4 heteroatoms. The smallest absolute Gasteiger partial charge is 0.168 e. The minimum atomic E-state index is -0.970. The average Bonchev–Trinajstić information content (AvgIpc) is 2.31. The third kappa shape index (κ3) is 3.45. The number of hydrogen-bond donors (Lipinski definition) is 2. The summed E-state index contributed by atoms with van der Waals surface area (Å²) in [5.41, 5.74) is 1.78. The molecule has 0 aliphatic heterocycles. The molecule has 2 nitrogen and oxygen atoms in total. The Balaban J connectivity index is 0.00000128. The Labute approximate surface area is 112 Å². The van der Waals surface area contributed by atoms with Gasteiger partial charge < -0.3 is 12.3 Å². The van der Waals surface area contributed by atoms with Crippen LogP contribution in [0.2, 0.25) is 0 Å². The van der Waals surface area contributed by atoms with Crippen LogP contribution in [0.5, 0.6) is 0 Å². The molecule has 0 spiro atoms. The van der Waals surface area contributed by atoms with E-state index in [1.807, 2.05) is 60.7 Å². The summed E-state index contributed by atoms with van der Waals surface area (Å²) in [6, 6.07) is 19.3. The van der Waals surface area contributed by atoms with E-state index in [9.17, 15) is 0 Å². The van der Waals surface area contributed by atoms with Gasteiger partial charge in [0.25, 0.3) is 0 Å². The number of hydrogen-bond acceptors (Lipinski definition) is 2. The van der Waals surface area contributed by atoms with Crippen molar-refractivity contribution in [2.24, 2.45) is 0 Å². The maximum Gasteiger partial charge on any atom is 0.168 e. The largest absolute Gasteiger partial charge is 0.344 e. The Morgan fingerprint density at radius 3 is 1.18 bits per heavy atom. The average molecular weight is 271 g/mol. The van der Waals surface area contributed by atoms with E-state index in [1.54, 1.807) is 0 Å². The SMILES string of the molecule is ClC(Cl)(c1ccccc1)c1ccccc1.N.N. The predicted molar refractivity (Wildman–Crippen MR) is 75.4 cm³/mol. The van der Waals surface area contributed by atoms with E-state index < -0.39 is 4.33 Å². The van der Waals surface area contributed by atoms with Gasteiger partial charge in [-0.05, 0) is 11.1 Å². The maximum atomic E-state index is 6.35. The summed E-state index contributed by atoms with van der Waals surface area (Å²) in [5, 5.41) is 0. The summed E-state index contributed by atoms with van der Waals surface area (Å²) in [7, 11) is 0. The monoisotopic (exact) mass is 270 g/mol. The Bertz CT molecular complexity index is 388. The van der Waals surface area contributed by atoms with Gasteiger partial charge in [-0.15, -0.1) is 0 Å². The zero-order chi connectivity index (χ0) is 10.7.